The van der Waals surface area contributed by atoms with E-state index in [0.29, 0.717) is 0 Å². The molecule has 0 unspecified atom stereocenters. The lowest BCUT2D eigenvalue weighted by Gasteiger charge is -2.05. The van der Waals surface area contributed by atoms with Gasteiger partial charge in [-0.15, -0.1) is 0 Å². The minimum absolute atomic E-state index is 0.891. The predicted molar refractivity (Wildman–Crippen MR) is 88.6 cm³/mol. The highest BCUT2D eigenvalue weighted by atomic mass is 15.0. The van der Waals surface area contributed by atoms with E-state index in [1.54, 1.807) is 6.20 Å². The molecule has 3 heteroatoms. The van der Waals surface area contributed by atoms with Crippen LogP contribution in [-0.4, -0.2) is 14.4 Å². The zero-order valence-electron chi connectivity index (χ0n) is 12.3. The standard InChI is InChI=1S/C19H15N3/c1-14-10-12-22-17(13-14)21-18(16-9-5-6-11-20-16)19(22)15-7-3-2-4-8-15/h2-13H,1H3. The molecule has 4 aromatic rings. The third kappa shape index (κ3) is 2.07. The lowest BCUT2D eigenvalue weighted by Crippen LogP contribution is -1.90. The van der Waals surface area contributed by atoms with E-state index in [1.807, 2.05) is 36.4 Å². The van der Waals surface area contributed by atoms with Crippen LogP contribution in [0.15, 0.2) is 73.1 Å². The number of fused-ring (bicyclic) bond motifs is 1. The number of imidazole rings is 1. The molecule has 0 aliphatic rings. The minimum atomic E-state index is 0.891. The Kier molecular flexibility index (Phi) is 2.97. The molecule has 0 atom stereocenters. The molecule has 0 bridgehead atoms. The van der Waals surface area contributed by atoms with Gasteiger partial charge in [0.2, 0.25) is 0 Å². The average molecular weight is 285 g/mol. The van der Waals surface area contributed by atoms with E-state index < -0.39 is 0 Å². The Morgan fingerprint density at radius 2 is 1.73 bits per heavy atom. The Labute approximate surface area is 128 Å². The van der Waals surface area contributed by atoms with E-state index in [4.69, 9.17) is 4.98 Å². The summed E-state index contributed by atoms with van der Waals surface area (Å²) >= 11 is 0. The summed E-state index contributed by atoms with van der Waals surface area (Å²) in [5.41, 5.74) is 6.16. The topological polar surface area (TPSA) is 30.2 Å². The molecule has 1 aromatic carbocycles. The molecule has 0 radical (unpaired) electrons. The molecule has 0 saturated carbocycles. The van der Waals surface area contributed by atoms with Crippen molar-refractivity contribution in [3.8, 4) is 22.6 Å². The zero-order valence-corrected chi connectivity index (χ0v) is 12.3. The van der Waals surface area contributed by atoms with E-state index in [-0.39, 0.29) is 0 Å². The molecule has 0 saturated heterocycles. The first-order valence-electron chi connectivity index (χ1n) is 7.28. The molecule has 3 aromatic heterocycles. The van der Waals surface area contributed by atoms with Crippen molar-refractivity contribution < 1.29 is 0 Å². The van der Waals surface area contributed by atoms with Crippen molar-refractivity contribution in [3.63, 3.8) is 0 Å². The van der Waals surface area contributed by atoms with Gasteiger partial charge >= 0.3 is 0 Å². The third-order valence-corrected chi connectivity index (χ3v) is 3.74. The van der Waals surface area contributed by atoms with Crippen LogP contribution in [0, 0.1) is 6.92 Å². The fourth-order valence-corrected chi connectivity index (χ4v) is 2.70. The van der Waals surface area contributed by atoms with Crippen LogP contribution in [0.3, 0.4) is 0 Å². The maximum Gasteiger partial charge on any atom is 0.138 e. The first-order chi connectivity index (χ1) is 10.8. The van der Waals surface area contributed by atoms with Crippen molar-refractivity contribution in [2.45, 2.75) is 6.92 Å². The Morgan fingerprint density at radius 1 is 0.909 bits per heavy atom. The second-order valence-corrected chi connectivity index (χ2v) is 5.32. The second-order valence-electron chi connectivity index (χ2n) is 5.32. The van der Waals surface area contributed by atoms with Crippen molar-refractivity contribution in [1.82, 2.24) is 14.4 Å². The van der Waals surface area contributed by atoms with E-state index in [2.05, 4.69) is 46.8 Å². The molecule has 3 heterocycles. The fourth-order valence-electron chi connectivity index (χ4n) is 2.70. The van der Waals surface area contributed by atoms with Gasteiger partial charge in [0.15, 0.2) is 0 Å². The quantitative estimate of drug-likeness (QED) is 0.547. The summed E-state index contributed by atoms with van der Waals surface area (Å²) in [7, 11) is 0. The normalized spacial score (nSPS) is 11.0. The summed E-state index contributed by atoms with van der Waals surface area (Å²) in [6.45, 7) is 2.08. The number of nitrogens with zero attached hydrogens (tertiary/aromatic N) is 3. The van der Waals surface area contributed by atoms with Crippen LogP contribution in [0.1, 0.15) is 5.56 Å². The minimum Gasteiger partial charge on any atom is -0.299 e. The van der Waals surface area contributed by atoms with Gasteiger partial charge in [-0.1, -0.05) is 36.4 Å². The van der Waals surface area contributed by atoms with Gasteiger partial charge in [0, 0.05) is 18.0 Å². The van der Waals surface area contributed by atoms with Crippen LogP contribution in [-0.2, 0) is 0 Å². The zero-order chi connectivity index (χ0) is 14.9. The number of benzene rings is 1. The summed E-state index contributed by atoms with van der Waals surface area (Å²) in [5, 5.41) is 0. The first-order valence-corrected chi connectivity index (χ1v) is 7.28. The molecule has 0 spiro atoms. The van der Waals surface area contributed by atoms with E-state index >= 15 is 0 Å². The summed E-state index contributed by atoms with van der Waals surface area (Å²) in [5.74, 6) is 0. The van der Waals surface area contributed by atoms with Crippen molar-refractivity contribution in [2.24, 2.45) is 0 Å². The third-order valence-electron chi connectivity index (χ3n) is 3.74. The summed E-state index contributed by atoms with van der Waals surface area (Å²) in [6.07, 6.45) is 3.88. The van der Waals surface area contributed by atoms with Crippen molar-refractivity contribution in [1.29, 1.82) is 0 Å². The van der Waals surface area contributed by atoms with Gasteiger partial charge in [0.05, 0.1) is 11.4 Å². The first kappa shape index (κ1) is 12.8. The van der Waals surface area contributed by atoms with Crippen LogP contribution < -0.4 is 0 Å². The lowest BCUT2D eigenvalue weighted by atomic mass is 10.1. The van der Waals surface area contributed by atoms with Gasteiger partial charge in [-0.3, -0.25) is 9.38 Å². The lowest BCUT2D eigenvalue weighted by molar-refractivity contribution is 1.17. The summed E-state index contributed by atoms with van der Waals surface area (Å²) < 4.78 is 2.13. The van der Waals surface area contributed by atoms with Crippen LogP contribution in [0.5, 0.6) is 0 Å². The Balaban J connectivity index is 2.07. The SMILES string of the molecule is Cc1ccn2c(-c3ccccc3)c(-c3ccccn3)nc2c1. The van der Waals surface area contributed by atoms with Gasteiger partial charge in [0.1, 0.15) is 11.3 Å². The van der Waals surface area contributed by atoms with Crippen LogP contribution >= 0.6 is 0 Å². The maximum absolute atomic E-state index is 4.82. The molecule has 4 rings (SSSR count). The second kappa shape index (κ2) is 5.11. The van der Waals surface area contributed by atoms with Gasteiger partial charge in [-0.05, 0) is 36.8 Å². The maximum atomic E-state index is 4.82. The monoisotopic (exact) mass is 285 g/mol. The summed E-state index contributed by atoms with van der Waals surface area (Å²) in [6, 6.07) is 20.4. The van der Waals surface area contributed by atoms with Gasteiger partial charge in [-0.2, -0.15) is 0 Å². The van der Waals surface area contributed by atoms with Crippen LogP contribution in [0.2, 0.25) is 0 Å². The highest BCUT2D eigenvalue weighted by Crippen LogP contribution is 2.31. The Bertz CT molecular complexity index is 925. The van der Waals surface area contributed by atoms with Crippen molar-refractivity contribution >= 4 is 5.65 Å². The highest BCUT2D eigenvalue weighted by molar-refractivity contribution is 5.80. The molecule has 0 fully saturated rings. The number of pyridine rings is 2. The number of hydrogen-bond acceptors (Lipinski definition) is 2. The molecule has 0 aliphatic carbocycles. The van der Waals surface area contributed by atoms with Gasteiger partial charge in [0.25, 0.3) is 0 Å². The van der Waals surface area contributed by atoms with E-state index in [1.165, 1.54) is 5.56 Å². The molecular formula is C19H15N3. The number of hydrogen-bond donors (Lipinski definition) is 0. The summed E-state index contributed by atoms with van der Waals surface area (Å²) in [4.78, 5) is 9.30. The fraction of sp³-hybridized carbons (Fsp3) is 0.0526. The molecule has 0 amide bonds. The van der Waals surface area contributed by atoms with Gasteiger partial charge < -0.3 is 0 Å². The number of rotatable bonds is 2. The van der Waals surface area contributed by atoms with E-state index in [9.17, 15) is 0 Å². The Morgan fingerprint density at radius 3 is 2.50 bits per heavy atom. The van der Waals surface area contributed by atoms with E-state index in [0.717, 1.165) is 28.3 Å². The molecule has 0 aliphatic heterocycles. The predicted octanol–water partition coefficient (Wildman–Crippen LogP) is 4.37. The van der Waals surface area contributed by atoms with Crippen molar-refractivity contribution in [3.05, 3.63) is 78.6 Å². The number of aromatic nitrogens is 3. The largest absolute Gasteiger partial charge is 0.299 e. The number of aryl methyl sites for hydroxylation is 1. The highest BCUT2D eigenvalue weighted by Gasteiger charge is 2.16. The molecule has 3 nitrogen and oxygen atoms in total. The molecule has 22 heavy (non-hydrogen) atoms. The van der Waals surface area contributed by atoms with Crippen LogP contribution in [0.4, 0.5) is 0 Å². The van der Waals surface area contributed by atoms with Crippen LogP contribution in [0.25, 0.3) is 28.3 Å². The van der Waals surface area contributed by atoms with Gasteiger partial charge in [-0.25, -0.2) is 4.98 Å². The molecule has 106 valence electrons. The average Bonchev–Trinajstić information content (AvgIpc) is 2.95. The molecular weight excluding hydrogens is 270 g/mol. The Hall–Kier alpha value is -2.94. The smallest absolute Gasteiger partial charge is 0.138 e. The van der Waals surface area contributed by atoms with Crippen molar-refractivity contribution in [2.75, 3.05) is 0 Å². The molecule has 0 N–H and O–H groups in total.